The molecule has 26 heavy (non-hydrogen) atoms. The number of hydrogen-bond donors (Lipinski definition) is 0. The van der Waals surface area contributed by atoms with E-state index in [2.05, 4.69) is 6.07 Å². The highest BCUT2D eigenvalue weighted by Gasteiger charge is 2.21. The highest BCUT2D eigenvalue weighted by atomic mass is 19.1. The first-order chi connectivity index (χ1) is 12.7. The van der Waals surface area contributed by atoms with Gasteiger partial charge in [-0.2, -0.15) is 5.26 Å². The van der Waals surface area contributed by atoms with Crippen LogP contribution in [0.25, 0.3) is 0 Å². The van der Waals surface area contributed by atoms with Crippen LogP contribution in [-0.2, 0) is 17.6 Å². The fourth-order valence-electron chi connectivity index (χ4n) is 3.58. The Balaban J connectivity index is 1.59. The summed E-state index contributed by atoms with van der Waals surface area (Å²) in [5.74, 6) is 1.64. The van der Waals surface area contributed by atoms with E-state index >= 15 is 0 Å². The van der Waals surface area contributed by atoms with Crippen LogP contribution in [0.3, 0.4) is 0 Å². The summed E-state index contributed by atoms with van der Waals surface area (Å²) in [5, 5.41) is 9.35. The van der Waals surface area contributed by atoms with Crippen LogP contribution in [0.1, 0.15) is 36.0 Å². The number of nitrogens with zero attached hydrogens (tertiary/aromatic N) is 1. The minimum atomic E-state index is -0.159. The third kappa shape index (κ3) is 3.38. The van der Waals surface area contributed by atoms with Gasteiger partial charge in [-0.1, -0.05) is 0 Å². The van der Waals surface area contributed by atoms with Crippen LogP contribution >= 0.6 is 0 Å². The third-order valence-electron chi connectivity index (χ3n) is 4.95. The molecule has 1 saturated heterocycles. The van der Waals surface area contributed by atoms with E-state index in [9.17, 15) is 9.65 Å². The smallest absolute Gasteiger partial charge is 0.141 e. The SMILES string of the molecule is N#Cc1ccc(Oc2ccc(F)c3c2CCC3)cc1OC1CCOCC1. The second kappa shape index (κ2) is 7.35. The van der Waals surface area contributed by atoms with Crippen molar-refractivity contribution in [1.29, 1.82) is 5.26 Å². The molecule has 2 aromatic carbocycles. The summed E-state index contributed by atoms with van der Waals surface area (Å²) in [6.07, 6.45) is 4.18. The first-order valence-corrected chi connectivity index (χ1v) is 9.01. The molecule has 1 aliphatic heterocycles. The monoisotopic (exact) mass is 353 g/mol. The standard InChI is InChI=1S/C21H20FNO3/c22-19-6-7-20(18-3-1-2-17(18)19)26-16-5-4-14(13-23)21(12-16)25-15-8-10-24-11-9-15/h4-7,12,15H,1-3,8-11H2. The molecule has 1 aliphatic carbocycles. The fourth-order valence-corrected chi connectivity index (χ4v) is 3.58. The lowest BCUT2D eigenvalue weighted by Gasteiger charge is -2.24. The lowest BCUT2D eigenvalue weighted by molar-refractivity contribution is 0.0254. The predicted molar refractivity (Wildman–Crippen MR) is 94.1 cm³/mol. The average molecular weight is 353 g/mol. The minimum Gasteiger partial charge on any atom is -0.489 e. The second-order valence-electron chi connectivity index (χ2n) is 6.66. The maximum absolute atomic E-state index is 13.9. The van der Waals surface area contributed by atoms with Crippen LogP contribution in [0.5, 0.6) is 17.2 Å². The highest BCUT2D eigenvalue weighted by Crippen LogP contribution is 2.36. The third-order valence-corrected chi connectivity index (χ3v) is 4.95. The van der Waals surface area contributed by atoms with Crippen molar-refractivity contribution < 1.29 is 18.6 Å². The van der Waals surface area contributed by atoms with Crippen molar-refractivity contribution in [2.45, 2.75) is 38.2 Å². The maximum atomic E-state index is 13.9. The van der Waals surface area contributed by atoms with Gasteiger partial charge in [-0.3, -0.25) is 0 Å². The van der Waals surface area contributed by atoms with Crippen LogP contribution in [0.4, 0.5) is 4.39 Å². The van der Waals surface area contributed by atoms with Crippen molar-refractivity contribution in [3.05, 3.63) is 52.8 Å². The van der Waals surface area contributed by atoms with Gasteiger partial charge in [0, 0.05) is 24.5 Å². The zero-order valence-corrected chi connectivity index (χ0v) is 14.5. The molecule has 5 heteroatoms. The lowest BCUT2D eigenvalue weighted by Crippen LogP contribution is -2.26. The van der Waals surface area contributed by atoms with E-state index in [0.717, 1.165) is 43.2 Å². The number of fused-ring (bicyclic) bond motifs is 1. The molecule has 4 nitrogen and oxygen atoms in total. The molecule has 1 heterocycles. The fraction of sp³-hybridized carbons (Fsp3) is 0.381. The molecule has 1 fully saturated rings. The molecule has 0 spiro atoms. The van der Waals surface area contributed by atoms with E-state index in [1.54, 1.807) is 24.3 Å². The van der Waals surface area contributed by atoms with Crippen LogP contribution in [0, 0.1) is 17.1 Å². The van der Waals surface area contributed by atoms with Crippen LogP contribution in [0.15, 0.2) is 30.3 Å². The number of hydrogen-bond acceptors (Lipinski definition) is 4. The molecule has 0 unspecified atom stereocenters. The lowest BCUT2D eigenvalue weighted by atomic mass is 10.1. The Labute approximate surface area is 152 Å². The van der Waals surface area contributed by atoms with Crippen molar-refractivity contribution in [3.8, 4) is 23.3 Å². The summed E-state index contributed by atoms with van der Waals surface area (Å²) in [6, 6.07) is 10.5. The Bertz CT molecular complexity index is 853. The Morgan fingerprint density at radius 3 is 2.65 bits per heavy atom. The van der Waals surface area contributed by atoms with Gasteiger partial charge >= 0.3 is 0 Å². The summed E-state index contributed by atoms with van der Waals surface area (Å²) < 4.78 is 31.3. The van der Waals surface area contributed by atoms with Crippen molar-refractivity contribution in [2.24, 2.45) is 0 Å². The van der Waals surface area contributed by atoms with Gasteiger partial charge < -0.3 is 14.2 Å². The molecule has 0 amide bonds. The number of rotatable bonds is 4. The van der Waals surface area contributed by atoms with Crippen LogP contribution in [0.2, 0.25) is 0 Å². The van der Waals surface area contributed by atoms with E-state index in [4.69, 9.17) is 14.2 Å². The number of nitriles is 1. The van der Waals surface area contributed by atoms with Gasteiger partial charge in [-0.15, -0.1) is 0 Å². The van der Waals surface area contributed by atoms with Gasteiger partial charge in [-0.25, -0.2) is 4.39 Å². The molecule has 2 aromatic rings. The Morgan fingerprint density at radius 1 is 1.04 bits per heavy atom. The summed E-state index contributed by atoms with van der Waals surface area (Å²) in [4.78, 5) is 0. The molecule has 0 N–H and O–H groups in total. The quantitative estimate of drug-likeness (QED) is 0.810. The molecule has 4 rings (SSSR count). The molecule has 0 radical (unpaired) electrons. The highest BCUT2D eigenvalue weighted by molar-refractivity contribution is 5.50. The molecule has 134 valence electrons. The summed E-state index contributed by atoms with van der Waals surface area (Å²) in [5.41, 5.74) is 2.18. The summed E-state index contributed by atoms with van der Waals surface area (Å²) in [6.45, 7) is 1.34. The zero-order valence-electron chi connectivity index (χ0n) is 14.5. The van der Waals surface area contributed by atoms with E-state index in [1.807, 2.05) is 0 Å². The second-order valence-corrected chi connectivity index (χ2v) is 6.66. The molecule has 0 atom stereocenters. The first kappa shape index (κ1) is 16.9. The number of ether oxygens (including phenoxy) is 3. The van der Waals surface area contributed by atoms with E-state index in [-0.39, 0.29) is 11.9 Å². The van der Waals surface area contributed by atoms with Gasteiger partial charge in [0.25, 0.3) is 0 Å². The first-order valence-electron chi connectivity index (χ1n) is 9.01. The van der Waals surface area contributed by atoms with Crippen molar-refractivity contribution in [1.82, 2.24) is 0 Å². The van der Waals surface area contributed by atoms with Crippen LogP contribution < -0.4 is 9.47 Å². The topological polar surface area (TPSA) is 51.5 Å². The normalized spacial score (nSPS) is 16.8. The Morgan fingerprint density at radius 2 is 1.85 bits per heavy atom. The largest absolute Gasteiger partial charge is 0.489 e. The number of benzene rings is 2. The predicted octanol–water partition coefficient (Wildman–Crippen LogP) is 4.54. The average Bonchev–Trinajstić information content (AvgIpc) is 3.16. The summed E-state index contributed by atoms with van der Waals surface area (Å²) >= 11 is 0. The van der Waals surface area contributed by atoms with Gasteiger partial charge in [0.05, 0.1) is 18.8 Å². The van der Waals surface area contributed by atoms with E-state index in [1.165, 1.54) is 6.07 Å². The molecule has 2 aliphatic rings. The van der Waals surface area contributed by atoms with Crippen LogP contribution in [-0.4, -0.2) is 19.3 Å². The van der Waals surface area contributed by atoms with Gasteiger partial charge in [0.2, 0.25) is 0 Å². The van der Waals surface area contributed by atoms with Crippen molar-refractivity contribution in [2.75, 3.05) is 13.2 Å². The Hall–Kier alpha value is -2.58. The molecule has 0 bridgehead atoms. The Kier molecular flexibility index (Phi) is 4.77. The summed E-state index contributed by atoms with van der Waals surface area (Å²) in [7, 11) is 0. The van der Waals surface area contributed by atoms with E-state index in [0.29, 0.717) is 36.0 Å². The molecule has 0 aromatic heterocycles. The molecule has 0 saturated carbocycles. The van der Waals surface area contributed by atoms with E-state index < -0.39 is 0 Å². The molecular weight excluding hydrogens is 333 g/mol. The molecular formula is C21H20FNO3. The van der Waals surface area contributed by atoms with Crippen molar-refractivity contribution in [3.63, 3.8) is 0 Å². The zero-order chi connectivity index (χ0) is 17.9. The number of halogens is 1. The van der Waals surface area contributed by atoms with Gasteiger partial charge in [0.15, 0.2) is 0 Å². The minimum absolute atomic E-state index is 0.0427. The van der Waals surface area contributed by atoms with Crippen molar-refractivity contribution >= 4 is 0 Å². The van der Waals surface area contributed by atoms with Gasteiger partial charge in [0.1, 0.15) is 35.2 Å². The van der Waals surface area contributed by atoms with Gasteiger partial charge in [-0.05, 0) is 49.1 Å². The maximum Gasteiger partial charge on any atom is 0.141 e.